The fourth-order valence-electron chi connectivity index (χ4n) is 2.87. The van der Waals surface area contributed by atoms with Gasteiger partial charge in [-0.15, -0.1) is 0 Å². The molecule has 1 saturated heterocycles. The highest BCUT2D eigenvalue weighted by Crippen LogP contribution is 2.29. The molecule has 1 N–H and O–H groups in total. The molecule has 28 heavy (non-hydrogen) atoms. The van der Waals surface area contributed by atoms with Crippen molar-refractivity contribution in [2.45, 2.75) is 13.1 Å². The predicted molar refractivity (Wildman–Crippen MR) is 98.5 cm³/mol. The van der Waals surface area contributed by atoms with Crippen molar-refractivity contribution >= 4 is 23.3 Å². The summed E-state index contributed by atoms with van der Waals surface area (Å²) in [5.74, 6) is 0.402. The first-order valence-electron chi connectivity index (χ1n) is 8.69. The van der Waals surface area contributed by atoms with Crippen molar-refractivity contribution in [3.63, 3.8) is 0 Å². The van der Waals surface area contributed by atoms with Crippen LogP contribution >= 0.6 is 0 Å². The number of anilines is 2. The lowest BCUT2D eigenvalue weighted by molar-refractivity contribution is -0.137. The Kier molecular flexibility index (Phi) is 5.53. The summed E-state index contributed by atoms with van der Waals surface area (Å²) in [6, 6.07) is 8.70. The Labute approximate surface area is 160 Å². The maximum absolute atomic E-state index is 12.6. The van der Waals surface area contributed by atoms with Crippen LogP contribution in [0.15, 0.2) is 42.6 Å². The molecule has 2 heterocycles. The van der Waals surface area contributed by atoms with Crippen molar-refractivity contribution in [2.24, 2.45) is 0 Å². The number of amides is 2. The topological polar surface area (TPSA) is 65.5 Å². The molecule has 2 amide bonds. The van der Waals surface area contributed by atoms with Crippen LogP contribution in [-0.2, 0) is 6.18 Å². The highest BCUT2D eigenvalue weighted by atomic mass is 19.4. The first-order valence-corrected chi connectivity index (χ1v) is 8.69. The minimum Gasteiger partial charge on any atom is -0.353 e. The molecular weight excluding hydrogens is 373 g/mol. The van der Waals surface area contributed by atoms with Crippen LogP contribution in [-0.4, -0.2) is 47.9 Å². The maximum Gasteiger partial charge on any atom is 0.417 e. The lowest BCUT2D eigenvalue weighted by Gasteiger charge is -2.35. The summed E-state index contributed by atoms with van der Waals surface area (Å²) in [5.41, 5.74) is 0.363. The van der Waals surface area contributed by atoms with Gasteiger partial charge in [0, 0.05) is 43.6 Å². The first kappa shape index (κ1) is 19.7. The van der Waals surface area contributed by atoms with Gasteiger partial charge >= 0.3 is 12.2 Å². The lowest BCUT2D eigenvalue weighted by Crippen LogP contribution is -2.50. The number of carbonyl (C=O) groups is 2. The van der Waals surface area contributed by atoms with Crippen molar-refractivity contribution in [3.05, 3.63) is 53.7 Å². The second-order valence-corrected chi connectivity index (χ2v) is 6.44. The number of piperazine rings is 1. The fourth-order valence-corrected chi connectivity index (χ4v) is 2.87. The number of hydrogen-bond donors (Lipinski definition) is 1. The average molecular weight is 392 g/mol. The summed E-state index contributed by atoms with van der Waals surface area (Å²) < 4.78 is 37.9. The van der Waals surface area contributed by atoms with Gasteiger partial charge < -0.3 is 15.1 Å². The van der Waals surface area contributed by atoms with Gasteiger partial charge in [0.25, 0.3) is 0 Å². The summed E-state index contributed by atoms with van der Waals surface area (Å²) >= 11 is 0. The number of nitrogens with one attached hydrogen (secondary N) is 1. The van der Waals surface area contributed by atoms with Crippen LogP contribution in [0, 0.1) is 0 Å². The molecule has 1 aliphatic heterocycles. The molecule has 0 radical (unpaired) electrons. The minimum atomic E-state index is -4.41. The van der Waals surface area contributed by atoms with Crippen LogP contribution in [0.2, 0.25) is 0 Å². The van der Waals surface area contributed by atoms with Gasteiger partial charge in [-0.05, 0) is 43.3 Å². The van der Waals surface area contributed by atoms with Gasteiger partial charge in [-0.25, -0.2) is 9.78 Å². The van der Waals surface area contributed by atoms with Crippen LogP contribution < -0.4 is 10.2 Å². The highest BCUT2D eigenvalue weighted by molar-refractivity contribution is 5.95. The second kappa shape index (κ2) is 7.87. The van der Waals surface area contributed by atoms with E-state index in [1.54, 1.807) is 29.2 Å². The molecule has 0 unspecified atom stereocenters. The number of halogens is 3. The predicted octanol–water partition coefficient (Wildman–Crippen LogP) is 3.66. The molecule has 0 spiro atoms. The number of rotatable bonds is 3. The van der Waals surface area contributed by atoms with Gasteiger partial charge in [0.15, 0.2) is 5.78 Å². The third-order valence-electron chi connectivity index (χ3n) is 4.51. The van der Waals surface area contributed by atoms with E-state index in [2.05, 4.69) is 10.3 Å². The third kappa shape index (κ3) is 4.59. The molecular formula is C19H19F3N4O2. The molecule has 1 aromatic carbocycles. The second-order valence-electron chi connectivity index (χ2n) is 6.44. The molecule has 1 aliphatic rings. The van der Waals surface area contributed by atoms with Gasteiger partial charge in [-0.2, -0.15) is 13.2 Å². The minimum absolute atomic E-state index is 0.0501. The third-order valence-corrected chi connectivity index (χ3v) is 4.51. The molecule has 148 valence electrons. The molecule has 3 rings (SSSR count). The standard InChI is InChI=1S/C19H19F3N4O2/c1-13(27)14-2-5-16(6-3-14)24-18(28)26-10-8-25(9-11-26)17-7-4-15(12-23-17)19(20,21)22/h2-7,12H,8-11H2,1H3,(H,24,28). The van der Waals surface area contributed by atoms with Crippen LogP contribution in [0.3, 0.4) is 0 Å². The molecule has 6 nitrogen and oxygen atoms in total. The zero-order valence-electron chi connectivity index (χ0n) is 15.2. The zero-order valence-corrected chi connectivity index (χ0v) is 15.2. The number of nitrogens with zero attached hydrogens (tertiary/aromatic N) is 3. The zero-order chi connectivity index (χ0) is 20.3. The van der Waals surface area contributed by atoms with E-state index >= 15 is 0 Å². The van der Waals surface area contributed by atoms with Crippen LogP contribution in [0.25, 0.3) is 0 Å². The quantitative estimate of drug-likeness (QED) is 0.810. The smallest absolute Gasteiger partial charge is 0.353 e. The van der Waals surface area contributed by atoms with Crippen molar-refractivity contribution in [2.75, 3.05) is 36.4 Å². The van der Waals surface area contributed by atoms with Crippen molar-refractivity contribution in [1.82, 2.24) is 9.88 Å². The summed E-state index contributed by atoms with van der Waals surface area (Å²) in [6.07, 6.45) is -3.59. The normalized spacial score (nSPS) is 14.7. The van der Waals surface area contributed by atoms with E-state index in [4.69, 9.17) is 0 Å². The Morgan fingerprint density at radius 3 is 2.14 bits per heavy atom. The number of pyridine rings is 1. The Balaban J connectivity index is 1.54. The van der Waals surface area contributed by atoms with Gasteiger partial charge in [0.05, 0.1) is 5.56 Å². The highest BCUT2D eigenvalue weighted by Gasteiger charge is 2.31. The molecule has 0 saturated carbocycles. The fraction of sp³-hybridized carbons (Fsp3) is 0.316. The van der Waals surface area contributed by atoms with Crippen molar-refractivity contribution < 1.29 is 22.8 Å². The molecule has 0 aliphatic carbocycles. The van der Waals surface area contributed by atoms with E-state index in [1.807, 2.05) is 4.90 Å². The van der Waals surface area contributed by atoms with E-state index in [9.17, 15) is 22.8 Å². The van der Waals surface area contributed by atoms with Crippen LogP contribution in [0.5, 0.6) is 0 Å². The van der Waals surface area contributed by atoms with E-state index in [-0.39, 0.29) is 11.8 Å². The molecule has 2 aromatic rings. The van der Waals surface area contributed by atoms with E-state index in [0.717, 1.165) is 12.3 Å². The van der Waals surface area contributed by atoms with Crippen molar-refractivity contribution in [1.29, 1.82) is 0 Å². The Hall–Kier alpha value is -3.10. The van der Waals surface area contributed by atoms with E-state index in [0.29, 0.717) is 43.2 Å². The molecule has 1 fully saturated rings. The number of alkyl halides is 3. The summed E-state index contributed by atoms with van der Waals surface area (Å²) in [4.78, 5) is 31.0. The van der Waals surface area contributed by atoms with Crippen LogP contribution in [0.4, 0.5) is 29.5 Å². The Morgan fingerprint density at radius 2 is 1.64 bits per heavy atom. The summed E-state index contributed by atoms with van der Waals surface area (Å²) in [5, 5.41) is 2.77. The van der Waals surface area contributed by atoms with Crippen LogP contribution in [0.1, 0.15) is 22.8 Å². The number of benzene rings is 1. The number of hydrogen-bond acceptors (Lipinski definition) is 4. The van der Waals surface area contributed by atoms with Gasteiger partial charge in [0.2, 0.25) is 0 Å². The van der Waals surface area contributed by atoms with E-state index in [1.165, 1.54) is 13.0 Å². The summed E-state index contributed by atoms with van der Waals surface area (Å²) in [6.45, 7) is 3.24. The summed E-state index contributed by atoms with van der Waals surface area (Å²) in [7, 11) is 0. The number of Topliss-reactive ketones (excluding diaryl/α,β-unsaturated/α-hetero) is 1. The molecule has 1 aromatic heterocycles. The largest absolute Gasteiger partial charge is 0.417 e. The van der Waals surface area contributed by atoms with E-state index < -0.39 is 11.7 Å². The first-order chi connectivity index (χ1) is 13.2. The Bertz CT molecular complexity index is 843. The number of urea groups is 1. The molecule has 0 atom stereocenters. The monoisotopic (exact) mass is 392 g/mol. The number of carbonyl (C=O) groups excluding carboxylic acids is 2. The van der Waals surface area contributed by atoms with Gasteiger partial charge in [-0.3, -0.25) is 4.79 Å². The molecule has 0 bridgehead atoms. The van der Waals surface area contributed by atoms with Gasteiger partial charge in [-0.1, -0.05) is 0 Å². The number of ketones is 1. The number of aromatic nitrogens is 1. The SMILES string of the molecule is CC(=O)c1ccc(NC(=O)N2CCN(c3ccc(C(F)(F)F)cn3)CC2)cc1. The van der Waals surface area contributed by atoms with Crippen molar-refractivity contribution in [3.8, 4) is 0 Å². The van der Waals surface area contributed by atoms with Gasteiger partial charge in [0.1, 0.15) is 5.82 Å². The Morgan fingerprint density at radius 1 is 1.00 bits per heavy atom. The lowest BCUT2D eigenvalue weighted by atomic mass is 10.1. The molecule has 9 heteroatoms. The average Bonchev–Trinajstić information content (AvgIpc) is 2.68. The maximum atomic E-state index is 12.6.